The van der Waals surface area contributed by atoms with Crippen molar-refractivity contribution in [2.75, 3.05) is 0 Å². The monoisotopic (exact) mass is 1090 g/mol. The van der Waals surface area contributed by atoms with Crippen LogP contribution >= 0.6 is 0 Å². The second-order valence-electron chi connectivity index (χ2n) is 23.1. The van der Waals surface area contributed by atoms with Crippen molar-refractivity contribution in [3.05, 3.63) is 348 Å². The quantitative estimate of drug-likeness (QED) is 0.160. The van der Waals surface area contributed by atoms with Crippen LogP contribution in [0.5, 0.6) is 0 Å². The summed E-state index contributed by atoms with van der Waals surface area (Å²) in [6, 6.07) is 110. The normalized spacial score (nSPS) is 13.5. The lowest BCUT2D eigenvalue weighted by Crippen LogP contribution is -2.25. The molecule has 0 aliphatic heterocycles. The van der Waals surface area contributed by atoms with Gasteiger partial charge in [0, 0.05) is 33.4 Å². The van der Waals surface area contributed by atoms with Crippen LogP contribution < -0.4 is 0 Å². The molecule has 0 saturated heterocycles. The highest BCUT2D eigenvalue weighted by atomic mass is 14.9. The van der Waals surface area contributed by atoms with Crippen LogP contribution in [-0.2, 0) is 10.8 Å². The van der Waals surface area contributed by atoms with Crippen molar-refractivity contribution in [3.63, 3.8) is 0 Å². The van der Waals surface area contributed by atoms with Gasteiger partial charge < -0.3 is 0 Å². The molecule has 2 spiro atoms. The van der Waals surface area contributed by atoms with E-state index >= 15 is 0 Å². The zero-order valence-corrected chi connectivity index (χ0v) is 46.7. The molecule has 12 aromatic carbocycles. The minimum absolute atomic E-state index is 0.456. The number of benzene rings is 12. The first-order valence-corrected chi connectivity index (χ1v) is 29.6. The molecule has 0 fully saturated rings. The Bertz CT molecular complexity index is 4650. The summed E-state index contributed by atoms with van der Waals surface area (Å²) in [6.45, 7) is 0. The van der Waals surface area contributed by atoms with Crippen LogP contribution in [0, 0.1) is 0 Å². The van der Waals surface area contributed by atoms with E-state index in [4.69, 9.17) is 19.9 Å². The average molecular weight is 1090 g/mol. The Morgan fingerprint density at radius 3 is 0.698 bits per heavy atom. The van der Waals surface area contributed by atoms with Gasteiger partial charge in [0.05, 0.1) is 33.6 Å². The van der Waals surface area contributed by atoms with E-state index in [0.29, 0.717) is 11.6 Å². The summed E-state index contributed by atoms with van der Waals surface area (Å²) in [4.78, 5) is 21.3. The fraction of sp³-hybridized carbons (Fsp3) is 0.0244. The van der Waals surface area contributed by atoms with E-state index < -0.39 is 10.8 Å². The van der Waals surface area contributed by atoms with Crippen LogP contribution in [0.15, 0.2) is 303 Å². The molecule has 18 rings (SSSR count). The zero-order chi connectivity index (χ0) is 56.5. The topological polar surface area (TPSA) is 51.6 Å². The molecule has 0 N–H and O–H groups in total. The minimum Gasteiger partial charge on any atom is -0.228 e. The highest BCUT2D eigenvalue weighted by molar-refractivity contribution is 5.98. The molecule has 2 heterocycles. The van der Waals surface area contributed by atoms with Gasteiger partial charge in [0.25, 0.3) is 0 Å². The van der Waals surface area contributed by atoms with Crippen LogP contribution in [0.3, 0.4) is 0 Å². The summed E-state index contributed by atoms with van der Waals surface area (Å²) in [7, 11) is 0. The van der Waals surface area contributed by atoms with Gasteiger partial charge in [-0.1, -0.05) is 279 Å². The Kier molecular flexibility index (Phi) is 10.5. The van der Waals surface area contributed by atoms with Crippen molar-refractivity contribution >= 4 is 0 Å². The van der Waals surface area contributed by atoms with E-state index in [1.807, 2.05) is 12.1 Å². The van der Waals surface area contributed by atoms with E-state index in [9.17, 15) is 0 Å². The molecule has 0 bridgehead atoms. The average Bonchev–Trinajstić information content (AvgIpc) is 1.58. The van der Waals surface area contributed by atoms with E-state index in [1.54, 1.807) is 0 Å². The molecule has 4 nitrogen and oxygen atoms in total. The van der Waals surface area contributed by atoms with Gasteiger partial charge in [0.15, 0.2) is 11.6 Å². The Hall–Kier alpha value is -11.2. The van der Waals surface area contributed by atoms with Gasteiger partial charge >= 0.3 is 0 Å². The first-order chi connectivity index (χ1) is 42.6. The molecule has 0 atom stereocenters. The Labute approximate surface area is 499 Å². The van der Waals surface area contributed by atoms with Crippen molar-refractivity contribution in [1.29, 1.82) is 0 Å². The van der Waals surface area contributed by atoms with Gasteiger partial charge in [-0.3, -0.25) is 0 Å². The van der Waals surface area contributed by atoms with E-state index in [-0.39, 0.29) is 0 Å². The fourth-order valence-corrected chi connectivity index (χ4v) is 15.1. The SMILES string of the molecule is c1ccc(-c2nc(-c3ccc(-c4ccc(-c5cc(-c6ccc7c(c6)C6(c8ccccc8-c8ccccc86)c6ccccc6-7)nc(-c6ccccc6)n5)cc4)cc3)cc(-c3ccc4c(c3)C3(c5ccccc5-c5ccccc53)c3ccccc3-4)n2)cc1. The third kappa shape index (κ3) is 6.92. The Morgan fingerprint density at radius 1 is 0.163 bits per heavy atom. The lowest BCUT2D eigenvalue weighted by molar-refractivity contribution is 0.794. The molecule has 86 heavy (non-hydrogen) atoms. The molecule has 0 amide bonds. The summed E-state index contributed by atoms with van der Waals surface area (Å²) in [5, 5.41) is 0. The van der Waals surface area contributed by atoms with Crippen molar-refractivity contribution in [2.45, 2.75) is 10.8 Å². The predicted molar refractivity (Wildman–Crippen MR) is 348 cm³/mol. The predicted octanol–water partition coefficient (Wildman–Crippen LogP) is 19.6. The molecule has 4 aliphatic rings. The smallest absolute Gasteiger partial charge is 0.160 e. The summed E-state index contributed by atoms with van der Waals surface area (Å²) in [5.74, 6) is 1.37. The number of rotatable bonds is 7. The maximum absolute atomic E-state index is 5.35. The number of hydrogen-bond acceptors (Lipinski definition) is 4. The Morgan fingerprint density at radius 2 is 0.395 bits per heavy atom. The van der Waals surface area contributed by atoms with Crippen LogP contribution in [-0.4, -0.2) is 19.9 Å². The van der Waals surface area contributed by atoms with Gasteiger partial charge in [-0.2, -0.15) is 0 Å². The third-order valence-corrected chi connectivity index (χ3v) is 18.8. The molecule has 2 aromatic heterocycles. The second kappa shape index (κ2) is 18.7. The minimum atomic E-state index is -0.456. The van der Waals surface area contributed by atoms with E-state index in [0.717, 1.165) is 67.3 Å². The number of fused-ring (bicyclic) bond motifs is 20. The van der Waals surface area contributed by atoms with E-state index in [2.05, 4.69) is 291 Å². The highest BCUT2D eigenvalue weighted by Gasteiger charge is 2.53. The second-order valence-corrected chi connectivity index (χ2v) is 23.1. The molecule has 0 radical (unpaired) electrons. The zero-order valence-electron chi connectivity index (χ0n) is 46.7. The lowest BCUT2D eigenvalue weighted by Gasteiger charge is -2.30. The maximum atomic E-state index is 5.35. The molecular weight excluding hydrogens is 1040 g/mol. The lowest BCUT2D eigenvalue weighted by atomic mass is 9.70. The first-order valence-electron chi connectivity index (χ1n) is 29.6. The molecule has 398 valence electrons. The van der Waals surface area contributed by atoms with Crippen molar-refractivity contribution in [2.24, 2.45) is 0 Å². The van der Waals surface area contributed by atoms with Crippen LogP contribution in [0.1, 0.15) is 44.5 Å². The van der Waals surface area contributed by atoms with Crippen molar-refractivity contribution in [3.8, 4) is 123 Å². The number of nitrogens with zero attached hydrogens (tertiary/aromatic N) is 4. The van der Waals surface area contributed by atoms with Crippen LogP contribution in [0.25, 0.3) is 123 Å². The third-order valence-electron chi connectivity index (χ3n) is 18.8. The van der Waals surface area contributed by atoms with Gasteiger partial charge in [0.1, 0.15) is 0 Å². The van der Waals surface area contributed by atoms with Gasteiger partial charge in [-0.05, 0) is 124 Å². The molecule has 4 heteroatoms. The fourth-order valence-electron chi connectivity index (χ4n) is 15.1. The molecular formula is C82H50N4. The summed E-state index contributed by atoms with van der Waals surface area (Å²) < 4.78 is 0. The Balaban J connectivity index is 0.705. The molecule has 0 saturated carbocycles. The van der Waals surface area contributed by atoms with Gasteiger partial charge in [-0.25, -0.2) is 19.9 Å². The van der Waals surface area contributed by atoms with Crippen molar-refractivity contribution < 1.29 is 0 Å². The van der Waals surface area contributed by atoms with Crippen LogP contribution in [0.4, 0.5) is 0 Å². The molecule has 4 aliphatic carbocycles. The molecule has 14 aromatic rings. The summed E-state index contributed by atoms with van der Waals surface area (Å²) >= 11 is 0. The first kappa shape index (κ1) is 48.3. The largest absolute Gasteiger partial charge is 0.228 e. The standard InChI is InChI=1S/C82H50N4/c1-3-19-55(20-4-1)79-83-75(49-77(85-79)57-43-45-65-63-27-11-17-33-71(63)81(73(65)47-57)67-29-13-7-23-59(67)60-24-8-14-30-68(60)81)53-39-35-51(36-40-53)52-37-41-54(42-38-52)76-50-78(86-80(84-76)56-21-5-2-6-22-56)58-44-46-66-64-28-12-18-34-72(64)82(74(66)48-58)69-31-15-9-25-61(69)62-26-10-16-32-70(62)82/h1-50H. The van der Waals surface area contributed by atoms with Crippen molar-refractivity contribution in [1.82, 2.24) is 19.9 Å². The van der Waals surface area contributed by atoms with Crippen LogP contribution in [0.2, 0.25) is 0 Å². The maximum Gasteiger partial charge on any atom is 0.160 e. The highest BCUT2D eigenvalue weighted by Crippen LogP contribution is 2.65. The van der Waals surface area contributed by atoms with E-state index in [1.165, 1.54) is 89.0 Å². The summed E-state index contributed by atoms with van der Waals surface area (Å²) in [6.07, 6.45) is 0. The number of aromatic nitrogens is 4. The van der Waals surface area contributed by atoms with Gasteiger partial charge in [-0.15, -0.1) is 0 Å². The molecule has 0 unspecified atom stereocenters. The number of hydrogen-bond donors (Lipinski definition) is 0. The summed E-state index contributed by atoms with van der Waals surface area (Å²) in [5.41, 5.74) is 31.6. The van der Waals surface area contributed by atoms with Gasteiger partial charge in [0.2, 0.25) is 0 Å².